The molecule has 140 valence electrons. The van der Waals surface area contributed by atoms with Crippen LogP contribution < -0.4 is 21.7 Å². The molecule has 0 aliphatic carbocycles. The van der Waals surface area contributed by atoms with Gasteiger partial charge in [-0.05, 0) is 36.8 Å². The second kappa shape index (κ2) is 8.33. The lowest BCUT2D eigenvalue weighted by molar-refractivity contribution is 0.459. The number of nitrogens with zero attached hydrogens (tertiary/aromatic N) is 2. The molecule has 27 heavy (non-hydrogen) atoms. The summed E-state index contributed by atoms with van der Waals surface area (Å²) in [5.41, 5.74) is 8.09. The van der Waals surface area contributed by atoms with Crippen molar-refractivity contribution in [3.8, 4) is 0 Å². The average Bonchev–Trinajstić information content (AvgIpc) is 3.31. The smallest absolute Gasteiger partial charge is 0.255 e. The zero-order chi connectivity index (χ0) is 18.6. The first-order valence-electron chi connectivity index (χ1n) is 8.77. The van der Waals surface area contributed by atoms with E-state index in [9.17, 15) is 4.79 Å². The molecule has 3 aromatic heterocycles. The molecule has 8 heteroatoms. The van der Waals surface area contributed by atoms with E-state index in [0.717, 1.165) is 28.6 Å². The lowest BCUT2D eigenvalue weighted by atomic mass is 10.1. The fraction of sp³-hybridized carbons (Fsp3) is 0.263. The van der Waals surface area contributed by atoms with Gasteiger partial charge in [0, 0.05) is 29.4 Å². The van der Waals surface area contributed by atoms with E-state index < -0.39 is 0 Å². The number of pyridine rings is 2. The van der Waals surface area contributed by atoms with Gasteiger partial charge in [0.2, 0.25) is 0 Å². The highest BCUT2D eigenvalue weighted by Gasteiger charge is 2.26. The van der Waals surface area contributed by atoms with Gasteiger partial charge in [0.15, 0.2) is 0 Å². The van der Waals surface area contributed by atoms with Gasteiger partial charge in [-0.15, -0.1) is 11.3 Å². The fourth-order valence-electron chi connectivity index (χ4n) is 3.18. The zero-order valence-electron chi connectivity index (χ0n) is 14.6. The van der Waals surface area contributed by atoms with Crippen LogP contribution in [0, 0.1) is 0 Å². The van der Waals surface area contributed by atoms with E-state index in [0.29, 0.717) is 6.54 Å². The molecular formula is C19H20ClN5OS. The van der Waals surface area contributed by atoms with E-state index >= 15 is 0 Å². The monoisotopic (exact) mass is 401 g/mol. The third-order valence-electron chi connectivity index (χ3n) is 4.54. The lowest BCUT2D eigenvalue weighted by Crippen LogP contribution is -2.40. The number of hydrogen-bond acceptors (Lipinski definition) is 6. The Morgan fingerprint density at radius 1 is 1.22 bits per heavy atom. The third kappa shape index (κ3) is 4.45. The largest absolute Gasteiger partial charge is 0.309 e. The molecule has 0 bridgehead atoms. The first-order valence-corrected chi connectivity index (χ1v) is 9.96. The minimum absolute atomic E-state index is 0.00754. The van der Waals surface area contributed by atoms with Crippen molar-refractivity contribution in [3.63, 3.8) is 0 Å². The van der Waals surface area contributed by atoms with Crippen LogP contribution in [0.1, 0.15) is 28.6 Å². The first-order chi connectivity index (χ1) is 13.2. The summed E-state index contributed by atoms with van der Waals surface area (Å²) in [5.74, 6) is 0. The van der Waals surface area contributed by atoms with E-state index in [4.69, 9.17) is 11.6 Å². The van der Waals surface area contributed by atoms with Crippen LogP contribution in [0.15, 0.2) is 59.7 Å². The van der Waals surface area contributed by atoms with Crippen molar-refractivity contribution in [2.75, 3.05) is 0 Å². The Labute approximate surface area is 166 Å². The average molecular weight is 402 g/mol. The van der Waals surface area contributed by atoms with Crippen molar-refractivity contribution in [2.24, 2.45) is 0 Å². The van der Waals surface area contributed by atoms with Crippen LogP contribution in [0.25, 0.3) is 0 Å². The Morgan fingerprint density at radius 2 is 2.15 bits per heavy atom. The highest BCUT2D eigenvalue weighted by atomic mass is 35.5. The van der Waals surface area contributed by atoms with Crippen molar-refractivity contribution in [3.05, 3.63) is 85.7 Å². The number of hydrazine groups is 1. The first kappa shape index (κ1) is 18.3. The number of rotatable bonds is 6. The molecule has 6 nitrogen and oxygen atoms in total. The summed E-state index contributed by atoms with van der Waals surface area (Å²) in [4.78, 5) is 18.4. The van der Waals surface area contributed by atoms with Gasteiger partial charge in [0.1, 0.15) is 0 Å². The van der Waals surface area contributed by atoms with Gasteiger partial charge in [0.25, 0.3) is 5.56 Å². The standard InChI is InChI=1S/C19H20ClN5OS/c20-17-7-6-14(27-17)11-22-18-10-16(23-24-18)15-5-3-9-25(19(15)26)12-13-4-1-2-8-21-13/h1-9,16,18,22-24H,10-12H2. The molecule has 2 atom stereocenters. The van der Waals surface area contributed by atoms with Crippen LogP contribution >= 0.6 is 22.9 Å². The molecule has 4 rings (SSSR count). The van der Waals surface area contributed by atoms with Crippen LogP contribution in [-0.2, 0) is 13.1 Å². The summed E-state index contributed by atoms with van der Waals surface area (Å²) in [7, 11) is 0. The maximum atomic E-state index is 12.9. The molecule has 0 amide bonds. The Morgan fingerprint density at radius 3 is 2.93 bits per heavy atom. The second-order valence-corrected chi connectivity index (χ2v) is 8.23. The SMILES string of the molecule is O=c1c(C2CC(NCc3ccc(Cl)s3)NN2)cccn1Cc1ccccn1. The van der Waals surface area contributed by atoms with Crippen molar-refractivity contribution >= 4 is 22.9 Å². The second-order valence-electron chi connectivity index (χ2n) is 6.43. The van der Waals surface area contributed by atoms with Gasteiger partial charge in [-0.3, -0.25) is 15.1 Å². The number of thiophene rings is 1. The van der Waals surface area contributed by atoms with Crippen LogP contribution in [0.4, 0.5) is 0 Å². The third-order valence-corrected chi connectivity index (χ3v) is 5.77. The highest BCUT2D eigenvalue weighted by molar-refractivity contribution is 7.16. The van der Waals surface area contributed by atoms with Crippen molar-refractivity contribution in [2.45, 2.75) is 31.7 Å². The zero-order valence-corrected chi connectivity index (χ0v) is 16.1. The summed E-state index contributed by atoms with van der Waals surface area (Å²) in [6.07, 6.45) is 4.41. The number of hydrogen-bond donors (Lipinski definition) is 3. The summed E-state index contributed by atoms with van der Waals surface area (Å²) in [6.45, 7) is 1.20. The van der Waals surface area contributed by atoms with E-state index in [1.165, 1.54) is 4.88 Å². The topological polar surface area (TPSA) is 71.0 Å². The minimum atomic E-state index is -0.0434. The predicted octanol–water partition coefficient (Wildman–Crippen LogP) is 2.66. The number of nitrogens with one attached hydrogen (secondary N) is 3. The predicted molar refractivity (Wildman–Crippen MR) is 108 cm³/mol. The Bertz CT molecular complexity index is 958. The van der Waals surface area contributed by atoms with E-state index in [1.807, 2.05) is 42.5 Å². The molecule has 3 N–H and O–H groups in total. The maximum Gasteiger partial charge on any atom is 0.255 e. The molecule has 0 radical (unpaired) electrons. The molecule has 1 aliphatic rings. The van der Waals surface area contributed by atoms with Gasteiger partial charge >= 0.3 is 0 Å². The van der Waals surface area contributed by atoms with E-state index in [2.05, 4.69) is 21.2 Å². The van der Waals surface area contributed by atoms with Crippen LogP contribution in [0.5, 0.6) is 0 Å². The molecule has 2 unspecified atom stereocenters. The van der Waals surface area contributed by atoms with Gasteiger partial charge in [0.05, 0.1) is 28.8 Å². The molecule has 0 aromatic carbocycles. The van der Waals surface area contributed by atoms with Crippen LogP contribution in [-0.4, -0.2) is 15.7 Å². The minimum Gasteiger partial charge on any atom is -0.309 e. The summed E-state index contributed by atoms with van der Waals surface area (Å²) in [6, 6.07) is 13.4. The van der Waals surface area contributed by atoms with Crippen LogP contribution in [0.2, 0.25) is 4.34 Å². The molecule has 0 saturated carbocycles. The molecule has 1 fully saturated rings. The molecule has 1 saturated heterocycles. The Kier molecular flexibility index (Phi) is 5.66. The Balaban J connectivity index is 1.41. The highest BCUT2D eigenvalue weighted by Crippen LogP contribution is 2.22. The van der Waals surface area contributed by atoms with E-state index in [-0.39, 0.29) is 17.8 Å². The molecule has 4 heterocycles. The Hall–Kier alpha value is -2.03. The molecule has 1 aliphatic heterocycles. The van der Waals surface area contributed by atoms with Gasteiger partial charge in [-0.1, -0.05) is 23.7 Å². The van der Waals surface area contributed by atoms with Gasteiger partial charge in [-0.25, -0.2) is 10.9 Å². The van der Waals surface area contributed by atoms with Crippen molar-refractivity contribution < 1.29 is 0 Å². The van der Waals surface area contributed by atoms with E-state index in [1.54, 1.807) is 28.3 Å². The van der Waals surface area contributed by atoms with Gasteiger partial charge < -0.3 is 4.57 Å². The summed E-state index contributed by atoms with van der Waals surface area (Å²) < 4.78 is 2.49. The molecule has 0 spiro atoms. The van der Waals surface area contributed by atoms with Crippen molar-refractivity contribution in [1.29, 1.82) is 0 Å². The van der Waals surface area contributed by atoms with Crippen LogP contribution in [0.3, 0.4) is 0 Å². The van der Waals surface area contributed by atoms with Gasteiger partial charge in [-0.2, -0.15) is 0 Å². The number of halogens is 1. The summed E-state index contributed by atoms with van der Waals surface area (Å²) in [5, 5.41) is 3.44. The molecule has 3 aromatic rings. The maximum absolute atomic E-state index is 12.9. The normalized spacial score (nSPS) is 19.4. The lowest BCUT2D eigenvalue weighted by Gasteiger charge is -2.12. The quantitative estimate of drug-likeness (QED) is 0.592. The number of aromatic nitrogens is 2. The van der Waals surface area contributed by atoms with Crippen molar-refractivity contribution in [1.82, 2.24) is 25.7 Å². The summed E-state index contributed by atoms with van der Waals surface area (Å²) >= 11 is 7.54. The molecular weight excluding hydrogens is 382 g/mol. The fourth-order valence-corrected chi connectivity index (χ4v) is 4.21.